The van der Waals surface area contributed by atoms with Crippen LogP contribution in [0.15, 0.2) is 79.0 Å². The van der Waals surface area contributed by atoms with Gasteiger partial charge in [0, 0.05) is 17.1 Å². The summed E-state index contributed by atoms with van der Waals surface area (Å²) in [5.41, 5.74) is 5.36. The van der Waals surface area contributed by atoms with Gasteiger partial charge in [0.25, 0.3) is 0 Å². The molecule has 0 aliphatic carbocycles. The minimum Gasteiger partial charge on any atom is -0.361 e. The molecule has 4 rings (SSSR count). The van der Waals surface area contributed by atoms with E-state index in [-0.39, 0.29) is 17.1 Å². The number of hydrogen-bond donors (Lipinski definition) is 1. The average Bonchev–Trinajstić information content (AvgIpc) is 3.28. The molecule has 0 spiro atoms. The van der Waals surface area contributed by atoms with Gasteiger partial charge in [0.2, 0.25) is 0 Å². The Labute approximate surface area is 148 Å². The number of aromatic amines is 1. The molecule has 0 radical (unpaired) electrons. The topological polar surface area (TPSA) is 15.8 Å². The molecule has 0 amide bonds. The molecular formula is C21H21FeN. The Morgan fingerprint density at radius 3 is 2.35 bits per heavy atom. The molecule has 0 aliphatic heterocycles. The third kappa shape index (κ3) is 3.85. The van der Waals surface area contributed by atoms with Crippen molar-refractivity contribution in [2.45, 2.75) is 19.8 Å². The Kier molecular flexibility index (Phi) is 6.04. The fourth-order valence-electron chi connectivity index (χ4n) is 2.92. The first-order chi connectivity index (χ1) is 10.8. The van der Waals surface area contributed by atoms with E-state index in [1.54, 1.807) is 0 Å². The zero-order valence-corrected chi connectivity index (χ0v) is 14.5. The number of aryl methyl sites for hydroxylation is 1. The molecule has 3 aromatic carbocycles. The van der Waals surface area contributed by atoms with E-state index >= 15 is 0 Å². The van der Waals surface area contributed by atoms with Crippen LogP contribution in [0.5, 0.6) is 0 Å². The van der Waals surface area contributed by atoms with Crippen LogP contribution in [0.1, 0.15) is 29.5 Å². The third-order valence-corrected chi connectivity index (χ3v) is 4.16. The molecule has 0 bridgehead atoms. The summed E-state index contributed by atoms with van der Waals surface area (Å²) in [4.78, 5) is 3.37. The van der Waals surface area contributed by atoms with Crippen molar-refractivity contribution in [1.29, 1.82) is 0 Å². The zero-order chi connectivity index (χ0) is 15.4. The van der Waals surface area contributed by atoms with Crippen molar-refractivity contribution in [3.63, 3.8) is 0 Å². The number of benzene rings is 1. The van der Waals surface area contributed by atoms with Crippen molar-refractivity contribution in [3.8, 4) is 0 Å². The molecule has 0 saturated carbocycles. The number of fused-ring (bicyclic) bond motifs is 1. The molecular weight excluding hydrogens is 322 g/mol. The minimum absolute atomic E-state index is 0. The van der Waals surface area contributed by atoms with Crippen molar-refractivity contribution >= 4 is 10.9 Å². The van der Waals surface area contributed by atoms with Crippen LogP contribution in [0, 0.1) is 6.92 Å². The summed E-state index contributed by atoms with van der Waals surface area (Å²) in [6, 6.07) is 25.0. The molecule has 118 valence electrons. The summed E-state index contributed by atoms with van der Waals surface area (Å²) in [5.74, 6) is 0.444. The first kappa shape index (κ1) is 17.3. The van der Waals surface area contributed by atoms with Crippen molar-refractivity contribution in [2.75, 3.05) is 0 Å². The second-order valence-electron chi connectivity index (χ2n) is 5.64. The number of rotatable bonds is 2. The molecule has 2 heteroatoms. The van der Waals surface area contributed by atoms with E-state index in [4.69, 9.17) is 0 Å². The summed E-state index contributed by atoms with van der Waals surface area (Å²) in [7, 11) is 0. The van der Waals surface area contributed by atoms with Gasteiger partial charge in [-0.25, -0.2) is 18.2 Å². The Morgan fingerprint density at radius 2 is 1.74 bits per heavy atom. The molecule has 1 unspecified atom stereocenters. The zero-order valence-electron chi connectivity index (χ0n) is 13.4. The van der Waals surface area contributed by atoms with Gasteiger partial charge in [0.05, 0.1) is 0 Å². The molecule has 4 aromatic rings. The molecule has 0 saturated heterocycles. The van der Waals surface area contributed by atoms with E-state index in [2.05, 4.69) is 67.5 Å². The Balaban J connectivity index is 0.000000276. The quantitative estimate of drug-likeness (QED) is 0.352. The van der Waals surface area contributed by atoms with E-state index in [0.717, 1.165) is 0 Å². The third-order valence-electron chi connectivity index (χ3n) is 4.16. The average molecular weight is 343 g/mol. The Hall–Kier alpha value is -2.02. The second kappa shape index (κ2) is 8.01. The summed E-state index contributed by atoms with van der Waals surface area (Å²) < 4.78 is 0. The van der Waals surface area contributed by atoms with Gasteiger partial charge in [-0.15, -0.1) is 0 Å². The largest absolute Gasteiger partial charge is 2.00 e. The summed E-state index contributed by atoms with van der Waals surface area (Å²) in [6.45, 7) is 4.45. The maximum atomic E-state index is 3.37. The van der Waals surface area contributed by atoms with Gasteiger partial charge in [-0.2, -0.15) is 42.0 Å². The number of hydrogen-bond acceptors (Lipinski definition) is 0. The van der Waals surface area contributed by atoms with E-state index in [0.29, 0.717) is 5.92 Å². The second-order valence-corrected chi connectivity index (χ2v) is 5.64. The van der Waals surface area contributed by atoms with Crippen LogP contribution in [0.4, 0.5) is 0 Å². The van der Waals surface area contributed by atoms with Gasteiger partial charge >= 0.3 is 17.1 Å². The molecule has 23 heavy (non-hydrogen) atoms. The van der Waals surface area contributed by atoms with Gasteiger partial charge < -0.3 is 4.98 Å². The van der Waals surface area contributed by atoms with E-state index in [1.807, 2.05) is 30.3 Å². The monoisotopic (exact) mass is 343 g/mol. The summed E-state index contributed by atoms with van der Waals surface area (Å²) in [6.07, 6.45) is 2.15. The van der Waals surface area contributed by atoms with E-state index < -0.39 is 0 Å². The standard InChI is InChI=1S/C16H16N.C5H5.Fe/c1-11-6-5-9-15-16(11)14(10-17-15)12(2)13-7-3-4-8-13;1-2-4-5-3-1;/h3-10,12,17H,1-2H3;1-5H;/q2*-1;+2. The van der Waals surface area contributed by atoms with Gasteiger partial charge in [0.1, 0.15) is 0 Å². The van der Waals surface area contributed by atoms with Crippen LogP contribution in [-0.2, 0) is 17.1 Å². The molecule has 0 aliphatic rings. The number of aromatic nitrogens is 1. The van der Waals surface area contributed by atoms with Crippen LogP contribution in [0.2, 0.25) is 0 Å². The fourth-order valence-corrected chi connectivity index (χ4v) is 2.92. The van der Waals surface area contributed by atoms with Crippen molar-refractivity contribution in [2.24, 2.45) is 0 Å². The predicted octanol–water partition coefficient (Wildman–Crippen LogP) is 5.75. The Bertz CT molecular complexity index is 790. The maximum Gasteiger partial charge on any atom is 2.00 e. The van der Waals surface area contributed by atoms with Crippen LogP contribution < -0.4 is 0 Å². The van der Waals surface area contributed by atoms with E-state index in [1.165, 1.54) is 27.6 Å². The first-order valence-corrected chi connectivity index (χ1v) is 7.72. The van der Waals surface area contributed by atoms with Gasteiger partial charge in [-0.05, 0) is 30.0 Å². The fraction of sp³-hybridized carbons (Fsp3) is 0.143. The molecule has 1 N–H and O–H groups in total. The molecule has 1 atom stereocenters. The van der Waals surface area contributed by atoms with Crippen molar-refractivity contribution in [3.05, 3.63) is 95.7 Å². The van der Waals surface area contributed by atoms with Gasteiger partial charge in [-0.1, -0.05) is 19.1 Å². The smallest absolute Gasteiger partial charge is 0.361 e. The summed E-state index contributed by atoms with van der Waals surface area (Å²) in [5, 5.41) is 1.38. The van der Waals surface area contributed by atoms with Crippen LogP contribution in [-0.4, -0.2) is 4.98 Å². The Morgan fingerprint density at radius 1 is 0.957 bits per heavy atom. The molecule has 0 fully saturated rings. The van der Waals surface area contributed by atoms with Crippen molar-refractivity contribution in [1.82, 2.24) is 4.98 Å². The first-order valence-electron chi connectivity index (χ1n) is 7.72. The molecule has 1 heterocycles. The molecule has 1 aromatic heterocycles. The van der Waals surface area contributed by atoms with Crippen molar-refractivity contribution < 1.29 is 17.1 Å². The normalized spacial score (nSPS) is 11.4. The van der Waals surface area contributed by atoms with Gasteiger partial charge in [-0.3, -0.25) is 0 Å². The minimum atomic E-state index is 0. The predicted molar refractivity (Wildman–Crippen MR) is 94.6 cm³/mol. The van der Waals surface area contributed by atoms with Crippen LogP contribution >= 0.6 is 0 Å². The molecule has 1 nitrogen and oxygen atoms in total. The van der Waals surface area contributed by atoms with Gasteiger partial charge in [0.15, 0.2) is 0 Å². The van der Waals surface area contributed by atoms with E-state index in [9.17, 15) is 0 Å². The summed E-state index contributed by atoms with van der Waals surface area (Å²) >= 11 is 0. The maximum absolute atomic E-state index is 3.37. The van der Waals surface area contributed by atoms with Crippen LogP contribution in [0.25, 0.3) is 10.9 Å². The number of nitrogens with one attached hydrogen (secondary N) is 1. The van der Waals surface area contributed by atoms with Crippen LogP contribution in [0.3, 0.4) is 0 Å². The number of H-pyrrole nitrogens is 1. The SMILES string of the molecule is Cc1cccc2[nH]cc(C(C)c3cc[cH-]c3)c12.[Fe+2].c1cc[cH-]c1.